The largest absolute Gasteiger partial charge is 0.322 e. The van der Waals surface area contributed by atoms with Gasteiger partial charge in [-0.05, 0) is 38.9 Å². The first-order valence-corrected chi connectivity index (χ1v) is 7.00. The molecule has 4 heteroatoms. The number of nitrogens with zero attached hydrogens (tertiary/aromatic N) is 2. The van der Waals surface area contributed by atoms with Crippen molar-refractivity contribution >= 4 is 0 Å². The summed E-state index contributed by atoms with van der Waals surface area (Å²) in [7, 11) is 4.11. The maximum atomic E-state index is 14.0. The van der Waals surface area contributed by atoms with Crippen LogP contribution in [0, 0.1) is 11.7 Å². The second kappa shape index (κ2) is 5.55. The van der Waals surface area contributed by atoms with E-state index >= 15 is 0 Å². The van der Waals surface area contributed by atoms with E-state index < -0.39 is 0 Å². The first kappa shape index (κ1) is 14.4. The fourth-order valence-corrected chi connectivity index (χ4v) is 3.46. The highest BCUT2D eigenvalue weighted by atomic mass is 19.1. The van der Waals surface area contributed by atoms with E-state index in [-0.39, 0.29) is 17.4 Å². The second-order valence-electron chi connectivity index (χ2n) is 6.07. The van der Waals surface area contributed by atoms with Crippen molar-refractivity contribution in [3.05, 3.63) is 29.8 Å². The lowest BCUT2D eigenvalue weighted by Gasteiger charge is -2.49. The van der Waals surface area contributed by atoms with Gasteiger partial charge in [-0.3, -0.25) is 4.98 Å². The Kier molecular flexibility index (Phi) is 4.21. The fourth-order valence-electron chi connectivity index (χ4n) is 3.46. The van der Waals surface area contributed by atoms with Crippen molar-refractivity contribution in [1.82, 2.24) is 9.88 Å². The lowest BCUT2D eigenvalue weighted by molar-refractivity contribution is 0.0488. The van der Waals surface area contributed by atoms with Gasteiger partial charge in [-0.2, -0.15) is 0 Å². The second-order valence-corrected chi connectivity index (χ2v) is 6.07. The van der Waals surface area contributed by atoms with Crippen LogP contribution in [0.2, 0.25) is 0 Å². The van der Waals surface area contributed by atoms with Crippen molar-refractivity contribution in [2.75, 3.05) is 14.1 Å². The number of hydrogen-bond donors (Lipinski definition) is 1. The third kappa shape index (κ3) is 2.65. The Balaban J connectivity index is 2.36. The Morgan fingerprint density at radius 2 is 2.26 bits per heavy atom. The molecule has 0 saturated heterocycles. The number of halogens is 1. The number of aromatic nitrogens is 1. The van der Waals surface area contributed by atoms with E-state index in [0.717, 1.165) is 19.3 Å². The van der Waals surface area contributed by atoms with Crippen LogP contribution >= 0.6 is 0 Å². The van der Waals surface area contributed by atoms with Crippen LogP contribution in [0.4, 0.5) is 4.39 Å². The Morgan fingerprint density at radius 1 is 1.53 bits per heavy atom. The fraction of sp³-hybridized carbons (Fsp3) is 0.667. The summed E-state index contributed by atoms with van der Waals surface area (Å²) in [6.07, 6.45) is 7.30. The SMILES string of the molecule is CC1CCCC(C(N)c2ccncc2F)(N(C)C)C1. The van der Waals surface area contributed by atoms with Crippen LogP contribution in [0.15, 0.2) is 18.5 Å². The van der Waals surface area contributed by atoms with Gasteiger partial charge < -0.3 is 10.6 Å². The molecule has 1 aromatic heterocycles. The lowest BCUT2D eigenvalue weighted by Crippen LogP contribution is -2.55. The zero-order chi connectivity index (χ0) is 14.0. The van der Waals surface area contributed by atoms with Gasteiger partial charge in [-0.25, -0.2) is 4.39 Å². The molecular formula is C15H24FN3. The minimum Gasteiger partial charge on any atom is -0.322 e. The van der Waals surface area contributed by atoms with Crippen LogP contribution in [0.25, 0.3) is 0 Å². The summed E-state index contributed by atoms with van der Waals surface area (Å²) in [6.45, 7) is 2.26. The van der Waals surface area contributed by atoms with Gasteiger partial charge in [0.1, 0.15) is 5.82 Å². The molecular weight excluding hydrogens is 241 g/mol. The van der Waals surface area contributed by atoms with Crippen molar-refractivity contribution in [2.24, 2.45) is 11.7 Å². The van der Waals surface area contributed by atoms with Crippen LogP contribution < -0.4 is 5.73 Å². The highest BCUT2D eigenvalue weighted by molar-refractivity contribution is 5.22. The maximum absolute atomic E-state index is 14.0. The van der Waals surface area contributed by atoms with Gasteiger partial charge >= 0.3 is 0 Å². The number of nitrogens with two attached hydrogens (primary N) is 1. The molecule has 3 atom stereocenters. The van der Waals surface area contributed by atoms with Crippen LogP contribution in [0.5, 0.6) is 0 Å². The molecule has 1 aliphatic carbocycles. The zero-order valence-corrected chi connectivity index (χ0v) is 12.1. The first-order chi connectivity index (χ1) is 8.97. The normalized spacial score (nSPS) is 29.5. The van der Waals surface area contributed by atoms with Gasteiger partial charge in [0.15, 0.2) is 0 Å². The Morgan fingerprint density at radius 3 is 2.84 bits per heavy atom. The minimum atomic E-state index is -0.312. The van der Waals surface area contributed by atoms with E-state index in [9.17, 15) is 4.39 Å². The van der Waals surface area contributed by atoms with Gasteiger partial charge in [-0.1, -0.05) is 19.8 Å². The summed E-state index contributed by atoms with van der Waals surface area (Å²) < 4.78 is 14.0. The molecule has 0 aliphatic heterocycles. The summed E-state index contributed by atoms with van der Waals surface area (Å²) in [5.41, 5.74) is 6.89. The molecule has 0 radical (unpaired) electrons. The summed E-state index contributed by atoms with van der Waals surface area (Å²) >= 11 is 0. The summed E-state index contributed by atoms with van der Waals surface area (Å²) in [5, 5.41) is 0. The van der Waals surface area contributed by atoms with Gasteiger partial charge in [0.25, 0.3) is 0 Å². The molecule has 1 aliphatic rings. The monoisotopic (exact) mass is 265 g/mol. The molecule has 1 heterocycles. The Bertz CT molecular complexity index is 435. The van der Waals surface area contributed by atoms with E-state index in [0.29, 0.717) is 11.5 Å². The van der Waals surface area contributed by atoms with E-state index in [2.05, 4.69) is 30.9 Å². The van der Waals surface area contributed by atoms with Gasteiger partial charge in [-0.15, -0.1) is 0 Å². The van der Waals surface area contributed by atoms with Crippen LogP contribution in [-0.4, -0.2) is 29.5 Å². The van der Waals surface area contributed by atoms with Gasteiger partial charge in [0.2, 0.25) is 0 Å². The summed E-state index contributed by atoms with van der Waals surface area (Å²) in [6, 6.07) is 1.40. The molecule has 19 heavy (non-hydrogen) atoms. The maximum Gasteiger partial charge on any atom is 0.146 e. The highest BCUT2D eigenvalue weighted by Gasteiger charge is 2.43. The number of likely N-dealkylation sites (N-methyl/N-ethyl adjacent to an activating group) is 1. The van der Waals surface area contributed by atoms with Gasteiger partial charge in [0, 0.05) is 17.3 Å². The topological polar surface area (TPSA) is 42.1 Å². The third-order valence-electron chi connectivity index (χ3n) is 4.62. The van der Waals surface area contributed by atoms with Gasteiger partial charge in [0.05, 0.1) is 12.2 Å². The van der Waals surface area contributed by atoms with Crippen molar-refractivity contribution < 1.29 is 4.39 Å². The molecule has 106 valence electrons. The molecule has 3 unspecified atom stereocenters. The Labute approximate surface area is 115 Å². The van der Waals surface area contributed by atoms with E-state index in [1.54, 1.807) is 12.3 Å². The quantitative estimate of drug-likeness (QED) is 0.913. The Hall–Kier alpha value is -1.00. The van der Waals surface area contributed by atoms with E-state index in [1.165, 1.54) is 12.6 Å². The summed E-state index contributed by atoms with van der Waals surface area (Å²) in [4.78, 5) is 6.00. The van der Waals surface area contributed by atoms with Crippen molar-refractivity contribution in [3.8, 4) is 0 Å². The molecule has 3 nitrogen and oxygen atoms in total. The molecule has 2 N–H and O–H groups in total. The van der Waals surface area contributed by atoms with Crippen molar-refractivity contribution in [3.63, 3.8) is 0 Å². The first-order valence-electron chi connectivity index (χ1n) is 7.00. The van der Waals surface area contributed by atoms with Crippen molar-refractivity contribution in [2.45, 2.75) is 44.2 Å². The standard InChI is InChI=1S/C15H24FN3/c1-11-5-4-7-15(9-11,19(2)3)14(17)12-6-8-18-10-13(12)16/h6,8,10-11,14H,4-5,7,9,17H2,1-3H3. The molecule has 2 rings (SSSR count). The van der Waals surface area contributed by atoms with E-state index in [1.807, 2.05) is 0 Å². The number of hydrogen-bond acceptors (Lipinski definition) is 3. The van der Waals surface area contributed by atoms with Crippen LogP contribution in [0.3, 0.4) is 0 Å². The molecule has 0 aromatic carbocycles. The smallest absolute Gasteiger partial charge is 0.146 e. The van der Waals surface area contributed by atoms with E-state index in [4.69, 9.17) is 5.73 Å². The highest BCUT2D eigenvalue weighted by Crippen LogP contribution is 2.43. The number of pyridine rings is 1. The number of rotatable bonds is 3. The predicted octanol–water partition coefficient (Wildman–Crippen LogP) is 2.73. The zero-order valence-electron chi connectivity index (χ0n) is 12.1. The van der Waals surface area contributed by atoms with Crippen molar-refractivity contribution in [1.29, 1.82) is 0 Å². The minimum absolute atomic E-state index is 0.153. The molecule has 1 saturated carbocycles. The predicted molar refractivity (Wildman–Crippen MR) is 75.2 cm³/mol. The van der Waals surface area contributed by atoms with Crippen LogP contribution in [0.1, 0.15) is 44.2 Å². The third-order valence-corrected chi connectivity index (χ3v) is 4.62. The molecule has 0 bridgehead atoms. The average Bonchev–Trinajstić information content (AvgIpc) is 2.38. The summed E-state index contributed by atoms with van der Waals surface area (Å²) in [5.74, 6) is 0.335. The average molecular weight is 265 g/mol. The molecule has 0 spiro atoms. The molecule has 1 aromatic rings. The molecule has 0 amide bonds. The van der Waals surface area contributed by atoms with Crippen LogP contribution in [-0.2, 0) is 0 Å². The molecule has 1 fully saturated rings. The lowest BCUT2D eigenvalue weighted by atomic mass is 9.70.